The molecule has 0 aliphatic heterocycles. The Morgan fingerprint density at radius 1 is 1.41 bits per heavy atom. The normalized spacial score (nSPS) is 13.3. The van der Waals surface area contributed by atoms with Crippen LogP contribution in [0.4, 0.5) is 4.39 Å². The number of aliphatic imine (C=N–C) groups is 1. The van der Waals surface area contributed by atoms with Crippen LogP contribution < -0.4 is 16.6 Å². The molecule has 0 bridgehead atoms. The lowest BCUT2D eigenvalue weighted by Gasteiger charge is -2.16. The van der Waals surface area contributed by atoms with Gasteiger partial charge in [0.15, 0.2) is 0 Å². The summed E-state index contributed by atoms with van der Waals surface area (Å²) in [5.41, 5.74) is 3.49. The van der Waals surface area contributed by atoms with E-state index in [1.165, 1.54) is 12.1 Å². The van der Waals surface area contributed by atoms with Gasteiger partial charge in [-0.15, -0.1) is 0 Å². The van der Waals surface area contributed by atoms with Gasteiger partial charge in [-0.05, 0) is 31.0 Å². The molecule has 0 saturated heterocycles. The predicted molar refractivity (Wildman–Crippen MR) is 67.9 cm³/mol. The van der Waals surface area contributed by atoms with Crippen LogP contribution in [0.3, 0.4) is 0 Å². The first-order valence-electron chi connectivity index (χ1n) is 5.70. The lowest BCUT2D eigenvalue weighted by Crippen LogP contribution is -2.42. The average Bonchev–Trinajstić information content (AvgIpc) is 2.35. The highest BCUT2D eigenvalue weighted by Gasteiger charge is 2.06. The fourth-order valence-corrected chi connectivity index (χ4v) is 1.40. The molecule has 17 heavy (non-hydrogen) atoms. The first-order valence-corrected chi connectivity index (χ1v) is 5.70. The number of hydrogen-bond acceptors (Lipinski definition) is 2. The monoisotopic (exact) mass is 238 g/mol. The summed E-state index contributed by atoms with van der Waals surface area (Å²) in [4.78, 5) is 4.24. The first kappa shape index (κ1) is 13.4. The van der Waals surface area contributed by atoms with Gasteiger partial charge >= 0.3 is 0 Å². The number of nitrogens with two attached hydrogens (primary N) is 1. The fraction of sp³-hybridized carbons (Fsp3) is 0.417. The number of rotatable bonds is 4. The number of nitrogens with zero attached hydrogens (tertiary/aromatic N) is 1. The summed E-state index contributed by atoms with van der Waals surface area (Å²) in [5, 5.41) is 3.13. The molecule has 0 saturated carbocycles. The van der Waals surface area contributed by atoms with E-state index in [1.807, 2.05) is 13.8 Å². The second-order valence-electron chi connectivity index (χ2n) is 3.79. The van der Waals surface area contributed by atoms with Crippen LogP contribution >= 0.6 is 0 Å². The minimum absolute atomic E-state index is 0.0160. The molecule has 0 aliphatic carbocycles. The van der Waals surface area contributed by atoms with Gasteiger partial charge in [-0.2, -0.15) is 0 Å². The predicted octanol–water partition coefficient (Wildman–Crippen LogP) is 1.71. The van der Waals surface area contributed by atoms with Crippen LogP contribution in [0.25, 0.3) is 0 Å². The van der Waals surface area contributed by atoms with Crippen LogP contribution in [0.5, 0.6) is 0 Å². The van der Waals surface area contributed by atoms with Crippen LogP contribution in [0.1, 0.15) is 31.9 Å². The molecule has 0 heterocycles. The van der Waals surface area contributed by atoms with E-state index in [2.05, 4.69) is 15.7 Å². The van der Waals surface area contributed by atoms with Crippen LogP contribution in [-0.4, -0.2) is 12.5 Å². The van der Waals surface area contributed by atoms with E-state index in [-0.39, 0.29) is 11.9 Å². The van der Waals surface area contributed by atoms with E-state index in [1.54, 1.807) is 12.1 Å². The van der Waals surface area contributed by atoms with E-state index in [9.17, 15) is 4.39 Å². The summed E-state index contributed by atoms with van der Waals surface area (Å²) in [6.07, 6.45) is 0.956. The van der Waals surface area contributed by atoms with Crippen molar-refractivity contribution in [2.24, 2.45) is 10.8 Å². The van der Waals surface area contributed by atoms with Crippen molar-refractivity contribution in [3.8, 4) is 0 Å². The summed E-state index contributed by atoms with van der Waals surface area (Å²) in [6.45, 7) is 4.72. The van der Waals surface area contributed by atoms with Crippen LogP contribution in [-0.2, 0) is 0 Å². The second kappa shape index (κ2) is 6.85. The Morgan fingerprint density at radius 3 is 2.59 bits per heavy atom. The molecule has 0 spiro atoms. The number of benzene rings is 1. The molecule has 1 unspecified atom stereocenters. The molecule has 0 aromatic heterocycles. The standard InChI is InChI=1S/C12H19FN4/c1-3-8-15-12(17-14)16-9(2)10-4-6-11(13)7-5-10/h4-7,9H,3,8,14H2,1-2H3,(H2,15,16,17). The number of guanidine groups is 1. The molecular formula is C12H19FN4. The quantitative estimate of drug-likeness (QED) is 0.324. The summed E-state index contributed by atoms with van der Waals surface area (Å²) >= 11 is 0. The molecule has 1 rings (SSSR count). The Hall–Kier alpha value is -1.62. The summed E-state index contributed by atoms with van der Waals surface area (Å²) in [7, 11) is 0. The zero-order valence-electron chi connectivity index (χ0n) is 10.2. The number of halogens is 1. The smallest absolute Gasteiger partial charge is 0.206 e. The third-order valence-electron chi connectivity index (χ3n) is 2.35. The van der Waals surface area contributed by atoms with Crippen LogP contribution in [0, 0.1) is 5.82 Å². The van der Waals surface area contributed by atoms with Gasteiger partial charge in [0.05, 0.1) is 6.04 Å². The molecule has 1 atom stereocenters. The highest BCUT2D eigenvalue weighted by molar-refractivity contribution is 5.79. The maximum atomic E-state index is 12.8. The third-order valence-corrected chi connectivity index (χ3v) is 2.35. The lowest BCUT2D eigenvalue weighted by atomic mass is 10.1. The van der Waals surface area contributed by atoms with Gasteiger partial charge in [-0.3, -0.25) is 10.4 Å². The molecule has 4 N–H and O–H groups in total. The first-order chi connectivity index (χ1) is 8.17. The van der Waals surface area contributed by atoms with Crippen LogP contribution in [0.15, 0.2) is 29.3 Å². The molecule has 1 aromatic rings. The Bertz CT molecular complexity index is 361. The maximum Gasteiger partial charge on any atom is 0.206 e. The minimum atomic E-state index is -0.238. The van der Waals surface area contributed by atoms with Crippen molar-refractivity contribution >= 4 is 5.96 Å². The Morgan fingerprint density at radius 2 is 2.06 bits per heavy atom. The molecule has 0 fully saturated rings. The zero-order valence-corrected chi connectivity index (χ0v) is 10.2. The molecular weight excluding hydrogens is 219 g/mol. The van der Waals surface area contributed by atoms with Crippen molar-refractivity contribution in [1.82, 2.24) is 10.7 Å². The number of hydrazine groups is 1. The number of hydrogen-bond donors (Lipinski definition) is 3. The average molecular weight is 238 g/mol. The van der Waals surface area contributed by atoms with Crippen molar-refractivity contribution in [3.63, 3.8) is 0 Å². The van der Waals surface area contributed by atoms with Crippen molar-refractivity contribution < 1.29 is 4.39 Å². The van der Waals surface area contributed by atoms with Gasteiger partial charge in [0, 0.05) is 6.54 Å². The molecule has 94 valence electrons. The van der Waals surface area contributed by atoms with Gasteiger partial charge in [-0.1, -0.05) is 19.1 Å². The van der Waals surface area contributed by atoms with E-state index in [0.29, 0.717) is 12.5 Å². The van der Waals surface area contributed by atoms with Gasteiger partial charge < -0.3 is 5.32 Å². The van der Waals surface area contributed by atoms with E-state index in [0.717, 1.165) is 12.0 Å². The fourth-order valence-electron chi connectivity index (χ4n) is 1.40. The second-order valence-corrected chi connectivity index (χ2v) is 3.79. The maximum absolute atomic E-state index is 12.8. The molecule has 1 aromatic carbocycles. The van der Waals surface area contributed by atoms with Crippen molar-refractivity contribution in [2.75, 3.05) is 6.54 Å². The van der Waals surface area contributed by atoms with Gasteiger partial charge in [-0.25, -0.2) is 10.2 Å². The van der Waals surface area contributed by atoms with E-state index < -0.39 is 0 Å². The largest absolute Gasteiger partial charge is 0.349 e. The Balaban J connectivity index is 2.64. The van der Waals surface area contributed by atoms with Gasteiger partial charge in [0.1, 0.15) is 5.82 Å². The van der Waals surface area contributed by atoms with Crippen molar-refractivity contribution in [2.45, 2.75) is 26.3 Å². The van der Waals surface area contributed by atoms with Crippen molar-refractivity contribution in [3.05, 3.63) is 35.6 Å². The highest BCUT2D eigenvalue weighted by atomic mass is 19.1. The third kappa shape index (κ3) is 4.40. The van der Waals surface area contributed by atoms with Crippen LogP contribution in [0.2, 0.25) is 0 Å². The summed E-state index contributed by atoms with van der Waals surface area (Å²) < 4.78 is 12.8. The molecule has 0 aliphatic rings. The van der Waals surface area contributed by atoms with E-state index in [4.69, 9.17) is 5.84 Å². The summed E-state index contributed by atoms with van der Waals surface area (Å²) in [5.74, 6) is 5.67. The highest BCUT2D eigenvalue weighted by Crippen LogP contribution is 2.12. The minimum Gasteiger partial charge on any atom is -0.349 e. The Labute approximate surface area is 101 Å². The summed E-state index contributed by atoms with van der Waals surface area (Å²) in [6, 6.07) is 6.36. The SMILES string of the molecule is CCCN=C(NN)NC(C)c1ccc(F)cc1. The van der Waals surface area contributed by atoms with Gasteiger partial charge in [0.2, 0.25) is 5.96 Å². The van der Waals surface area contributed by atoms with E-state index >= 15 is 0 Å². The zero-order chi connectivity index (χ0) is 12.7. The molecule has 0 amide bonds. The molecule has 5 heteroatoms. The molecule has 0 radical (unpaired) electrons. The van der Waals surface area contributed by atoms with Gasteiger partial charge in [0.25, 0.3) is 0 Å². The topological polar surface area (TPSA) is 62.4 Å². The Kier molecular flexibility index (Phi) is 5.42. The van der Waals surface area contributed by atoms with Crippen molar-refractivity contribution in [1.29, 1.82) is 0 Å². The number of nitrogens with one attached hydrogen (secondary N) is 2. The molecule has 4 nitrogen and oxygen atoms in total. The lowest BCUT2D eigenvalue weighted by molar-refractivity contribution is 0.623.